The third kappa shape index (κ3) is 5.81. The van der Waals surface area contributed by atoms with E-state index in [1.165, 1.54) is 24.6 Å². The van der Waals surface area contributed by atoms with E-state index in [4.69, 9.17) is 9.47 Å². The van der Waals surface area contributed by atoms with Gasteiger partial charge in [0.2, 0.25) is 5.91 Å². The van der Waals surface area contributed by atoms with Gasteiger partial charge in [0.25, 0.3) is 0 Å². The predicted molar refractivity (Wildman–Crippen MR) is 117 cm³/mol. The third-order valence-corrected chi connectivity index (χ3v) is 6.27. The van der Waals surface area contributed by atoms with E-state index in [1.54, 1.807) is 38.1 Å². The number of rotatable bonds is 7. The van der Waals surface area contributed by atoms with Crippen LogP contribution in [0.5, 0.6) is 5.75 Å². The summed E-state index contributed by atoms with van der Waals surface area (Å²) in [6.07, 6.45) is 2.88. The molecule has 1 aromatic heterocycles. The number of para-hydroxylation sites is 1. The second-order valence-electron chi connectivity index (χ2n) is 8.06. The van der Waals surface area contributed by atoms with Crippen molar-refractivity contribution in [2.45, 2.75) is 26.7 Å². The van der Waals surface area contributed by atoms with Crippen LogP contribution in [-0.2, 0) is 14.3 Å². The van der Waals surface area contributed by atoms with Crippen LogP contribution in [0.2, 0.25) is 0 Å². The normalized spacial score (nSPS) is 14.7. The minimum atomic E-state index is -0.767. The van der Waals surface area contributed by atoms with Crippen molar-refractivity contribution in [3.63, 3.8) is 0 Å². The van der Waals surface area contributed by atoms with E-state index in [0.29, 0.717) is 36.6 Å². The number of hydrogen-bond acceptors (Lipinski definition) is 8. The first kappa shape index (κ1) is 22.7. The van der Waals surface area contributed by atoms with Crippen LogP contribution in [0.3, 0.4) is 0 Å². The highest BCUT2D eigenvalue weighted by Crippen LogP contribution is 2.28. The van der Waals surface area contributed by atoms with E-state index >= 15 is 0 Å². The molecule has 166 valence electrons. The summed E-state index contributed by atoms with van der Waals surface area (Å²) in [7, 11) is 1.34. The van der Waals surface area contributed by atoms with Crippen LogP contribution in [0, 0.1) is 11.3 Å². The highest BCUT2D eigenvalue weighted by atomic mass is 32.1. The quantitative estimate of drug-likeness (QED) is 0.517. The number of thiazole rings is 1. The van der Waals surface area contributed by atoms with Crippen molar-refractivity contribution in [3.05, 3.63) is 41.4 Å². The fourth-order valence-corrected chi connectivity index (χ4v) is 4.13. The molecule has 1 N–H and O–H groups in total. The molecule has 0 unspecified atom stereocenters. The summed E-state index contributed by atoms with van der Waals surface area (Å²) in [5, 5.41) is 3.61. The predicted octanol–water partition coefficient (Wildman–Crippen LogP) is 2.89. The van der Waals surface area contributed by atoms with Gasteiger partial charge in [-0.15, -0.1) is 0 Å². The number of ether oxygens (including phenoxy) is 2. The van der Waals surface area contributed by atoms with E-state index in [0.717, 1.165) is 5.13 Å². The molecule has 3 rings (SSSR count). The van der Waals surface area contributed by atoms with Crippen LogP contribution >= 0.6 is 11.3 Å². The summed E-state index contributed by atoms with van der Waals surface area (Å²) in [6.45, 7) is 5.05. The number of anilines is 1. The Morgan fingerprint density at radius 1 is 1.19 bits per heavy atom. The average molecular weight is 446 g/mol. The largest absolute Gasteiger partial charge is 0.469 e. The molecule has 0 radical (unpaired) electrons. The Bertz CT molecular complexity index is 920. The third-order valence-electron chi connectivity index (χ3n) is 5.23. The van der Waals surface area contributed by atoms with Crippen LogP contribution in [0.1, 0.15) is 36.4 Å². The smallest absolute Gasteiger partial charge is 0.355 e. The number of esters is 2. The monoisotopic (exact) mass is 445 g/mol. The first-order chi connectivity index (χ1) is 14.8. The van der Waals surface area contributed by atoms with Crippen LogP contribution in [0.25, 0.3) is 0 Å². The van der Waals surface area contributed by atoms with Gasteiger partial charge in [0, 0.05) is 25.6 Å². The second kappa shape index (κ2) is 9.91. The number of nitrogens with zero attached hydrogens (tertiary/aromatic N) is 2. The van der Waals surface area contributed by atoms with Crippen molar-refractivity contribution >= 4 is 34.3 Å². The van der Waals surface area contributed by atoms with Gasteiger partial charge >= 0.3 is 11.9 Å². The van der Waals surface area contributed by atoms with Crippen molar-refractivity contribution in [3.8, 4) is 5.75 Å². The van der Waals surface area contributed by atoms with Crippen LogP contribution in [0.4, 0.5) is 5.13 Å². The molecule has 0 atom stereocenters. The molecule has 0 spiro atoms. The zero-order valence-corrected chi connectivity index (χ0v) is 18.7. The molecule has 1 amide bonds. The summed E-state index contributed by atoms with van der Waals surface area (Å²) in [5.41, 5.74) is -0.767. The maximum Gasteiger partial charge on any atom is 0.355 e. The molecular formula is C22H27N3O5S. The molecule has 2 heterocycles. The van der Waals surface area contributed by atoms with Crippen molar-refractivity contribution in [1.82, 2.24) is 10.3 Å². The number of aromatic nitrogens is 1. The zero-order chi connectivity index (χ0) is 22.4. The first-order valence-corrected chi connectivity index (χ1v) is 11.0. The second-order valence-corrected chi connectivity index (χ2v) is 9.07. The highest BCUT2D eigenvalue weighted by Gasteiger charge is 2.32. The van der Waals surface area contributed by atoms with Crippen molar-refractivity contribution in [1.29, 1.82) is 0 Å². The van der Waals surface area contributed by atoms with Gasteiger partial charge in [-0.2, -0.15) is 0 Å². The molecule has 0 saturated carbocycles. The lowest BCUT2D eigenvalue weighted by molar-refractivity contribution is -0.150. The number of benzene rings is 1. The molecule has 1 saturated heterocycles. The molecule has 8 nitrogen and oxygen atoms in total. The molecule has 31 heavy (non-hydrogen) atoms. The fraction of sp³-hybridized carbons (Fsp3) is 0.455. The molecule has 0 bridgehead atoms. The van der Waals surface area contributed by atoms with Gasteiger partial charge in [0.15, 0.2) is 5.13 Å². The van der Waals surface area contributed by atoms with Crippen molar-refractivity contribution in [2.24, 2.45) is 11.3 Å². The van der Waals surface area contributed by atoms with Crippen molar-refractivity contribution < 1.29 is 23.9 Å². The Kier molecular flexibility index (Phi) is 7.27. The number of piperidine rings is 1. The lowest BCUT2D eigenvalue weighted by atomic mass is 9.92. The van der Waals surface area contributed by atoms with Crippen LogP contribution < -0.4 is 15.0 Å². The van der Waals surface area contributed by atoms with E-state index < -0.39 is 11.4 Å². The number of amides is 1. The molecule has 1 aliphatic rings. The highest BCUT2D eigenvalue weighted by molar-refractivity contribution is 7.17. The summed E-state index contributed by atoms with van der Waals surface area (Å²) < 4.78 is 10.1. The summed E-state index contributed by atoms with van der Waals surface area (Å²) in [6, 6.07) is 8.91. The van der Waals surface area contributed by atoms with Gasteiger partial charge < -0.3 is 19.7 Å². The molecule has 1 aromatic carbocycles. The Hall–Kier alpha value is -2.94. The van der Waals surface area contributed by atoms with Gasteiger partial charge in [-0.3, -0.25) is 9.59 Å². The summed E-state index contributed by atoms with van der Waals surface area (Å²) in [4.78, 5) is 43.5. The molecule has 1 aliphatic heterocycles. The summed E-state index contributed by atoms with van der Waals surface area (Å²) >= 11 is 1.28. The van der Waals surface area contributed by atoms with Gasteiger partial charge in [-0.05, 0) is 38.8 Å². The molecule has 9 heteroatoms. The van der Waals surface area contributed by atoms with Gasteiger partial charge in [-0.25, -0.2) is 9.78 Å². The molecule has 1 fully saturated rings. The Balaban J connectivity index is 1.49. The van der Waals surface area contributed by atoms with Crippen LogP contribution in [0.15, 0.2) is 36.5 Å². The lowest BCUT2D eigenvalue weighted by Crippen LogP contribution is -2.45. The maximum atomic E-state index is 12.5. The van der Waals surface area contributed by atoms with E-state index in [9.17, 15) is 14.4 Å². The first-order valence-electron chi connectivity index (χ1n) is 10.1. The average Bonchev–Trinajstić information content (AvgIpc) is 3.28. The van der Waals surface area contributed by atoms with Gasteiger partial charge in [-0.1, -0.05) is 29.5 Å². The number of carbonyl (C=O) groups is 3. The van der Waals surface area contributed by atoms with Gasteiger partial charge in [0.05, 0.1) is 18.7 Å². The van der Waals surface area contributed by atoms with E-state index in [2.05, 4.69) is 15.2 Å². The molecule has 0 aliphatic carbocycles. The van der Waals surface area contributed by atoms with E-state index in [1.807, 2.05) is 6.07 Å². The minimum Gasteiger partial charge on any atom is -0.469 e. The van der Waals surface area contributed by atoms with Crippen molar-refractivity contribution in [2.75, 3.05) is 31.6 Å². The zero-order valence-electron chi connectivity index (χ0n) is 17.9. The molecular weight excluding hydrogens is 418 g/mol. The lowest BCUT2D eigenvalue weighted by Gasteiger charge is -2.31. The SMILES string of the molecule is COC(=O)C(C)(C)CNC(=O)C1CCN(c2ncc(C(=O)Oc3ccccc3)s2)CC1. The Morgan fingerprint density at radius 3 is 2.52 bits per heavy atom. The minimum absolute atomic E-state index is 0.0529. The van der Waals surface area contributed by atoms with Crippen LogP contribution in [-0.4, -0.2) is 49.6 Å². The number of nitrogens with one attached hydrogen (secondary N) is 1. The van der Waals surface area contributed by atoms with Gasteiger partial charge in [0.1, 0.15) is 10.6 Å². The number of methoxy groups -OCH3 is 1. The fourth-order valence-electron chi connectivity index (χ4n) is 3.29. The van der Waals surface area contributed by atoms with E-state index in [-0.39, 0.29) is 24.3 Å². The topological polar surface area (TPSA) is 97.8 Å². The standard InChI is InChI=1S/C22H27N3O5S/c1-22(2,20(28)29-3)14-24-18(26)15-9-11-25(12-10-15)21-23-13-17(31-21)19(27)30-16-7-5-4-6-8-16/h4-8,13,15H,9-12,14H2,1-3H3,(H,24,26). The summed E-state index contributed by atoms with van der Waals surface area (Å²) in [5.74, 6) is -0.467. The molecule has 2 aromatic rings. The Morgan fingerprint density at radius 2 is 1.87 bits per heavy atom. The number of hydrogen-bond donors (Lipinski definition) is 1. The Labute approximate surface area is 185 Å². The number of carbonyl (C=O) groups excluding carboxylic acids is 3. The maximum absolute atomic E-state index is 12.5.